The quantitative estimate of drug-likeness (QED) is 0.850. The van der Waals surface area contributed by atoms with E-state index in [1.807, 2.05) is 11.8 Å². The van der Waals surface area contributed by atoms with E-state index < -0.39 is 0 Å². The minimum Gasteiger partial charge on any atom is -0.309 e. The number of hydrogen-bond acceptors (Lipinski definition) is 2. The van der Waals surface area contributed by atoms with Crippen LogP contribution in [-0.2, 0) is 6.42 Å². The van der Waals surface area contributed by atoms with E-state index in [0.717, 1.165) is 13.0 Å². The SMILES string of the molecule is CCNC1c2ccccc2CC1Sc1ccccc1Br. The Kier molecular flexibility index (Phi) is 4.49. The van der Waals surface area contributed by atoms with Crippen molar-refractivity contribution < 1.29 is 0 Å². The number of hydrogen-bond donors (Lipinski definition) is 1. The molecular formula is C17H18BrNS. The van der Waals surface area contributed by atoms with Crippen LogP contribution in [0.3, 0.4) is 0 Å². The third-order valence-electron chi connectivity index (χ3n) is 3.72. The number of thioether (sulfide) groups is 1. The first-order chi connectivity index (χ1) is 9.79. The van der Waals surface area contributed by atoms with Crippen molar-refractivity contribution in [2.75, 3.05) is 6.54 Å². The van der Waals surface area contributed by atoms with Crippen molar-refractivity contribution >= 4 is 27.7 Å². The summed E-state index contributed by atoms with van der Waals surface area (Å²) in [4.78, 5) is 1.33. The van der Waals surface area contributed by atoms with Gasteiger partial charge in [-0.05, 0) is 52.2 Å². The molecule has 3 heteroatoms. The number of benzene rings is 2. The largest absolute Gasteiger partial charge is 0.309 e. The van der Waals surface area contributed by atoms with Gasteiger partial charge in [0.1, 0.15) is 0 Å². The predicted molar refractivity (Wildman–Crippen MR) is 90.4 cm³/mol. The molecule has 0 aromatic heterocycles. The van der Waals surface area contributed by atoms with E-state index in [1.54, 1.807) is 0 Å². The van der Waals surface area contributed by atoms with Gasteiger partial charge in [0.2, 0.25) is 0 Å². The molecule has 0 heterocycles. The van der Waals surface area contributed by atoms with Gasteiger partial charge in [0.25, 0.3) is 0 Å². The summed E-state index contributed by atoms with van der Waals surface area (Å²) in [5, 5.41) is 4.22. The Morgan fingerprint density at radius 3 is 2.70 bits per heavy atom. The molecule has 104 valence electrons. The maximum Gasteiger partial charge on any atom is 0.0450 e. The Balaban J connectivity index is 1.85. The topological polar surface area (TPSA) is 12.0 Å². The van der Waals surface area contributed by atoms with Crippen molar-refractivity contribution in [2.24, 2.45) is 0 Å². The lowest BCUT2D eigenvalue weighted by Gasteiger charge is -2.21. The fraction of sp³-hybridized carbons (Fsp3) is 0.294. The van der Waals surface area contributed by atoms with Gasteiger partial charge in [0.15, 0.2) is 0 Å². The molecule has 0 bridgehead atoms. The van der Waals surface area contributed by atoms with Gasteiger partial charge in [-0.25, -0.2) is 0 Å². The van der Waals surface area contributed by atoms with Crippen LogP contribution in [0.25, 0.3) is 0 Å². The first kappa shape index (κ1) is 14.2. The summed E-state index contributed by atoms with van der Waals surface area (Å²) in [7, 11) is 0. The summed E-state index contributed by atoms with van der Waals surface area (Å²) in [6.07, 6.45) is 1.14. The molecule has 2 aromatic rings. The Labute approximate surface area is 133 Å². The van der Waals surface area contributed by atoms with Crippen molar-refractivity contribution in [3.63, 3.8) is 0 Å². The lowest BCUT2D eigenvalue weighted by Crippen LogP contribution is -2.26. The van der Waals surface area contributed by atoms with Crippen molar-refractivity contribution in [1.29, 1.82) is 0 Å². The Hall–Kier alpha value is -0.770. The summed E-state index contributed by atoms with van der Waals surface area (Å²) in [5.41, 5.74) is 2.96. The molecule has 0 radical (unpaired) electrons. The standard InChI is InChI=1S/C17H18BrNS/c1-2-19-17-13-8-4-3-7-12(13)11-16(17)20-15-10-6-5-9-14(15)18/h3-10,16-17,19H,2,11H2,1H3. The Bertz CT molecular complexity index is 599. The fourth-order valence-electron chi connectivity index (χ4n) is 2.83. The average molecular weight is 348 g/mol. The lowest BCUT2D eigenvalue weighted by atomic mass is 10.1. The van der Waals surface area contributed by atoms with Crippen molar-refractivity contribution in [3.8, 4) is 0 Å². The maximum atomic E-state index is 3.66. The predicted octanol–water partition coefficient (Wildman–Crippen LogP) is 4.82. The highest BCUT2D eigenvalue weighted by Crippen LogP contribution is 2.43. The molecule has 2 unspecified atom stereocenters. The first-order valence-electron chi connectivity index (χ1n) is 7.02. The molecule has 1 aliphatic rings. The van der Waals surface area contributed by atoms with Crippen LogP contribution in [0.2, 0.25) is 0 Å². The number of fused-ring (bicyclic) bond motifs is 1. The van der Waals surface area contributed by atoms with Gasteiger partial charge < -0.3 is 5.32 Å². The molecule has 20 heavy (non-hydrogen) atoms. The molecule has 1 N–H and O–H groups in total. The molecule has 0 saturated carbocycles. The number of halogens is 1. The van der Waals surface area contributed by atoms with E-state index >= 15 is 0 Å². The van der Waals surface area contributed by atoms with Crippen LogP contribution in [0.5, 0.6) is 0 Å². The van der Waals surface area contributed by atoms with Crippen LogP contribution >= 0.6 is 27.7 Å². The van der Waals surface area contributed by atoms with Crippen LogP contribution in [-0.4, -0.2) is 11.8 Å². The number of nitrogens with one attached hydrogen (secondary N) is 1. The van der Waals surface area contributed by atoms with Crippen molar-refractivity contribution in [3.05, 3.63) is 64.1 Å². The summed E-state index contributed by atoms with van der Waals surface area (Å²) >= 11 is 5.63. The first-order valence-corrected chi connectivity index (χ1v) is 8.69. The maximum absolute atomic E-state index is 3.66. The lowest BCUT2D eigenvalue weighted by molar-refractivity contribution is 0.560. The van der Waals surface area contributed by atoms with E-state index in [4.69, 9.17) is 0 Å². The van der Waals surface area contributed by atoms with Crippen LogP contribution < -0.4 is 5.32 Å². The highest BCUT2D eigenvalue weighted by Gasteiger charge is 2.32. The molecule has 1 nitrogen and oxygen atoms in total. The highest BCUT2D eigenvalue weighted by atomic mass is 79.9. The minimum atomic E-state index is 0.452. The second-order valence-electron chi connectivity index (χ2n) is 5.03. The van der Waals surface area contributed by atoms with Crippen molar-refractivity contribution in [2.45, 2.75) is 29.5 Å². The Morgan fingerprint density at radius 1 is 1.15 bits per heavy atom. The third-order valence-corrected chi connectivity index (χ3v) is 6.03. The molecule has 2 aromatic carbocycles. The molecule has 0 fully saturated rings. The summed E-state index contributed by atoms with van der Waals surface area (Å²) in [6.45, 7) is 3.19. The smallest absolute Gasteiger partial charge is 0.0450 e. The molecule has 0 aliphatic heterocycles. The second kappa shape index (κ2) is 6.33. The fourth-order valence-corrected chi connectivity index (χ4v) is 4.70. The zero-order chi connectivity index (χ0) is 13.9. The summed E-state index contributed by atoms with van der Waals surface area (Å²) in [6, 6.07) is 17.8. The van der Waals surface area contributed by atoms with Gasteiger partial charge >= 0.3 is 0 Å². The zero-order valence-electron chi connectivity index (χ0n) is 11.5. The minimum absolute atomic E-state index is 0.452. The van der Waals surface area contributed by atoms with E-state index in [-0.39, 0.29) is 0 Å². The van der Waals surface area contributed by atoms with E-state index in [2.05, 4.69) is 76.7 Å². The monoisotopic (exact) mass is 347 g/mol. The molecule has 1 aliphatic carbocycles. The molecule has 0 saturated heterocycles. The summed E-state index contributed by atoms with van der Waals surface area (Å²) < 4.78 is 1.19. The van der Waals surface area contributed by atoms with Gasteiger partial charge in [0.05, 0.1) is 0 Å². The molecule has 3 rings (SSSR count). The molecule has 0 amide bonds. The van der Waals surface area contributed by atoms with Gasteiger partial charge in [0, 0.05) is 20.7 Å². The normalized spacial score (nSPS) is 20.9. The van der Waals surface area contributed by atoms with Gasteiger partial charge in [-0.2, -0.15) is 0 Å². The molecule has 0 spiro atoms. The third kappa shape index (κ3) is 2.80. The highest BCUT2D eigenvalue weighted by molar-refractivity contribution is 9.10. The summed E-state index contributed by atoms with van der Waals surface area (Å²) in [5.74, 6) is 0. The van der Waals surface area contributed by atoms with Gasteiger partial charge in [-0.1, -0.05) is 43.3 Å². The van der Waals surface area contributed by atoms with Gasteiger partial charge in [-0.3, -0.25) is 0 Å². The molecular weight excluding hydrogens is 330 g/mol. The van der Waals surface area contributed by atoms with Crippen LogP contribution in [0.15, 0.2) is 57.9 Å². The zero-order valence-corrected chi connectivity index (χ0v) is 13.9. The van der Waals surface area contributed by atoms with Crippen LogP contribution in [0, 0.1) is 0 Å². The van der Waals surface area contributed by atoms with Crippen molar-refractivity contribution in [1.82, 2.24) is 5.32 Å². The van der Waals surface area contributed by atoms with E-state index in [0.29, 0.717) is 11.3 Å². The second-order valence-corrected chi connectivity index (χ2v) is 7.16. The molecule has 2 atom stereocenters. The van der Waals surface area contributed by atoms with Crippen LogP contribution in [0.4, 0.5) is 0 Å². The Morgan fingerprint density at radius 2 is 1.90 bits per heavy atom. The van der Waals surface area contributed by atoms with Crippen LogP contribution in [0.1, 0.15) is 24.1 Å². The van der Waals surface area contributed by atoms with E-state index in [1.165, 1.54) is 20.5 Å². The number of rotatable bonds is 4. The average Bonchev–Trinajstić information content (AvgIpc) is 2.80. The van der Waals surface area contributed by atoms with E-state index in [9.17, 15) is 0 Å². The van der Waals surface area contributed by atoms with Gasteiger partial charge in [-0.15, -0.1) is 11.8 Å².